The van der Waals surface area contributed by atoms with Gasteiger partial charge in [-0.2, -0.15) is 0 Å². The van der Waals surface area contributed by atoms with Crippen LogP contribution in [0.2, 0.25) is 0 Å². The number of nitrogens with two attached hydrogens (primary N) is 2. The summed E-state index contributed by atoms with van der Waals surface area (Å²) in [7, 11) is 0. The number of benzene rings is 1. The van der Waals surface area contributed by atoms with E-state index in [1.54, 1.807) is 12.1 Å². The molecule has 0 aliphatic heterocycles. The maximum atomic E-state index is 11.4. The second-order valence-electron chi connectivity index (χ2n) is 4.90. The predicted molar refractivity (Wildman–Crippen MR) is 76.4 cm³/mol. The van der Waals surface area contributed by atoms with E-state index >= 15 is 0 Å². The van der Waals surface area contributed by atoms with Crippen molar-refractivity contribution in [3.63, 3.8) is 0 Å². The van der Waals surface area contributed by atoms with Crippen LogP contribution in [0.5, 0.6) is 0 Å². The maximum Gasteiger partial charge on any atom is 0.248 e. The summed E-state index contributed by atoms with van der Waals surface area (Å²) in [4.78, 5) is 11.4. The highest BCUT2D eigenvalue weighted by molar-refractivity contribution is 5.94. The molecule has 3 heteroatoms. The SMILES string of the molecule is CCCCC(CC)Cc1cc(N)ccc1C(N)=O. The van der Waals surface area contributed by atoms with Gasteiger partial charge in [0, 0.05) is 11.3 Å². The number of hydrogen-bond donors (Lipinski definition) is 2. The third-order valence-corrected chi connectivity index (χ3v) is 3.45. The fourth-order valence-electron chi connectivity index (χ4n) is 2.28. The summed E-state index contributed by atoms with van der Waals surface area (Å²) in [5.74, 6) is 0.236. The molecule has 1 rings (SSSR count). The summed E-state index contributed by atoms with van der Waals surface area (Å²) in [6.07, 6.45) is 5.63. The zero-order valence-electron chi connectivity index (χ0n) is 11.4. The maximum absolute atomic E-state index is 11.4. The van der Waals surface area contributed by atoms with E-state index < -0.39 is 0 Å². The average Bonchev–Trinajstić information content (AvgIpc) is 2.34. The molecule has 0 heterocycles. The van der Waals surface area contributed by atoms with Gasteiger partial charge in [0.05, 0.1) is 0 Å². The lowest BCUT2D eigenvalue weighted by Crippen LogP contribution is -2.16. The minimum absolute atomic E-state index is 0.365. The second-order valence-corrected chi connectivity index (χ2v) is 4.90. The monoisotopic (exact) mass is 248 g/mol. The topological polar surface area (TPSA) is 69.1 Å². The van der Waals surface area contributed by atoms with Gasteiger partial charge in [0.25, 0.3) is 0 Å². The summed E-state index contributed by atoms with van der Waals surface area (Å²) in [6, 6.07) is 5.35. The smallest absolute Gasteiger partial charge is 0.248 e. The van der Waals surface area contributed by atoms with Crippen molar-refractivity contribution in [1.29, 1.82) is 0 Å². The van der Waals surface area contributed by atoms with E-state index in [4.69, 9.17) is 11.5 Å². The molecule has 0 saturated carbocycles. The van der Waals surface area contributed by atoms with E-state index in [-0.39, 0.29) is 5.91 Å². The van der Waals surface area contributed by atoms with Crippen molar-refractivity contribution in [3.8, 4) is 0 Å². The van der Waals surface area contributed by atoms with Crippen LogP contribution in [0.3, 0.4) is 0 Å². The van der Waals surface area contributed by atoms with Crippen molar-refractivity contribution < 1.29 is 4.79 Å². The normalized spacial score (nSPS) is 12.3. The molecule has 1 aromatic carbocycles. The molecule has 3 nitrogen and oxygen atoms in total. The molecule has 18 heavy (non-hydrogen) atoms. The second kappa shape index (κ2) is 7.04. The van der Waals surface area contributed by atoms with Gasteiger partial charge in [0.2, 0.25) is 5.91 Å². The number of amides is 1. The summed E-state index contributed by atoms with van der Waals surface area (Å²) in [5, 5.41) is 0. The Kier molecular flexibility index (Phi) is 5.69. The van der Waals surface area contributed by atoms with Crippen LogP contribution < -0.4 is 11.5 Å². The van der Waals surface area contributed by atoms with Crippen LogP contribution in [0.25, 0.3) is 0 Å². The van der Waals surface area contributed by atoms with Gasteiger partial charge in [-0.15, -0.1) is 0 Å². The zero-order valence-corrected chi connectivity index (χ0v) is 11.4. The van der Waals surface area contributed by atoms with Crippen LogP contribution in [0.4, 0.5) is 5.69 Å². The molecular weight excluding hydrogens is 224 g/mol. The minimum Gasteiger partial charge on any atom is -0.399 e. The molecule has 0 bridgehead atoms. The number of hydrogen-bond acceptors (Lipinski definition) is 2. The molecule has 1 amide bonds. The van der Waals surface area contributed by atoms with Gasteiger partial charge in [-0.05, 0) is 36.1 Å². The van der Waals surface area contributed by atoms with Crippen molar-refractivity contribution in [2.45, 2.75) is 46.0 Å². The van der Waals surface area contributed by atoms with Crippen LogP contribution >= 0.6 is 0 Å². The molecule has 0 aliphatic carbocycles. The van der Waals surface area contributed by atoms with E-state index in [0.717, 1.165) is 18.4 Å². The van der Waals surface area contributed by atoms with E-state index in [9.17, 15) is 4.79 Å². The molecule has 0 spiro atoms. The summed E-state index contributed by atoms with van der Waals surface area (Å²) in [5.41, 5.74) is 13.5. The van der Waals surface area contributed by atoms with Gasteiger partial charge in [0.15, 0.2) is 0 Å². The largest absolute Gasteiger partial charge is 0.399 e. The van der Waals surface area contributed by atoms with Crippen molar-refractivity contribution >= 4 is 11.6 Å². The third-order valence-electron chi connectivity index (χ3n) is 3.45. The number of anilines is 1. The Bertz CT molecular complexity index is 401. The molecule has 1 atom stereocenters. The van der Waals surface area contributed by atoms with Crippen molar-refractivity contribution in [1.82, 2.24) is 0 Å². The quantitative estimate of drug-likeness (QED) is 0.728. The number of rotatable bonds is 7. The van der Waals surface area contributed by atoms with Crippen LogP contribution in [-0.4, -0.2) is 5.91 Å². The van der Waals surface area contributed by atoms with Gasteiger partial charge in [-0.1, -0.05) is 39.5 Å². The number of primary amides is 1. The van der Waals surface area contributed by atoms with Gasteiger partial charge in [-0.3, -0.25) is 4.79 Å². The van der Waals surface area contributed by atoms with Gasteiger partial charge in [-0.25, -0.2) is 0 Å². The lowest BCUT2D eigenvalue weighted by molar-refractivity contribution is 0.0999. The van der Waals surface area contributed by atoms with Crippen LogP contribution in [0.15, 0.2) is 18.2 Å². The average molecular weight is 248 g/mol. The van der Waals surface area contributed by atoms with Gasteiger partial charge in [0.1, 0.15) is 0 Å². The number of nitrogen functional groups attached to an aromatic ring is 1. The lowest BCUT2D eigenvalue weighted by Gasteiger charge is -2.16. The van der Waals surface area contributed by atoms with Crippen LogP contribution in [0.1, 0.15) is 55.5 Å². The molecule has 0 radical (unpaired) electrons. The summed E-state index contributed by atoms with van der Waals surface area (Å²) < 4.78 is 0. The third kappa shape index (κ3) is 4.06. The first-order valence-corrected chi connectivity index (χ1v) is 6.76. The summed E-state index contributed by atoms with van der Waals surface area (Å²) >= 11 is 0. The molecule has 0 aliphatic rings. The van der Waals surface area contributed by atoms with Crippen LogP contribution in [0, 0.1) is 5.92 Å². The number of carbonyl (C=O) groups excluding carboxylic acids is 1. The minimum atomic E-state index is -0.365. The number of carbonyl (C=O) groups is 1. The molecule has 1 aromatic rings. The predicted octanol–water partition coefficient (Wildman–Crippen LogP) is 3.13. The Morgan fingerprint density at radius 1 is 1.33 bits per heavy atom. The Morgan fingerprint density at radius 3 is 2.61 bits per heavy atom. The molecule has 100 valence electrons. The molecule has 4 N–H and O–H groups in total. The molecule has 0 fully saturated rings. The highest BCUT2D eigenvalue weighted by Crippen LogP contribution is 2.22. The molecular formula is C15H24N2O. The first-order valence-electron chi connectivity index (χ1n) is 6.76. The fraction of sp³-hybridized carbons (Fsp3) is 0.533. The Labute approximate surface area is 110 Å². The Morgan fingerprint density at radius 2 is 2.06 bits per heavy atom. The summed E-state index contributed by atoms with van der Waals surface area (Å²) in [6.45, 7) is 4.39. The van der Waals surface area contributed by atoms with Gasteiger partial charge >= 0.3 is 0 Å². The van der Waals surface area contributed by atoms with Crippen molar-refractivity contribution in [2.75, 3.05) is 5.73 Å². The van der Waals surface area contributed by atoms with E-state index in [2.05, 4.69) is 13.8 Å². The standard InChI is InChI=1S/C15H24N2O/c1-3-5-6-11(4-2)9-12-10-13(16)7-8-14(12)15(17)18/h7-8,10-11H,3-6,9,16H2,1-2H3,(H2,17,18). The van der Waals surface area contributed by atoms with E-state index in [0.29, 0.717) is 17.2 Å². The Hall–Kier alpha value is -1.51. The van der Waals surface area contributed by atoms with E-state index in [1.807, 2.05) is 6.07 Å². The zero-order chi connectivity index (χ0) is 13.5. The Balaban J connectivity index is 2.86. The molecule has 1 unspecified atom stereocenters. The molecule has 0 aromatic heterocycles. The first kappa shape index (κ1) is 14.6. The van der Waals surface area contributed by atoms with Crippen LogP contribution in [-0.2, 0) is 6.42 Å². The fourth-order valence-corrected chi connectivity index (χ4v) is 2.28. The highest BCUT2D eigenvalue weighted by atomic mass is 16.1. The van der Waals surface area contributed by atoms with E-state index in [1.165, 1.54) is 19.3 Å². The lowest BCUT2D eigenvalue weighted by atomic mass is 9.89. The van der Waals surface area contributed by atoms with Crippen molar-refractivity contribution in [3.05, 3.63) is 29.3 Å². The first-order chi connectivity index (χ1) is 8.58. The molecule has 0 saturated heterocycles. The van der Waals surface area contributed by atoms with Crippen molar-refractivity contribution in [2.24, 2.45) is 11.7 Å². The van der Waals surface area contributed by atoms with Gasteiger partial charge < -0.3 is 11.5 Å². The highest BCUT2D eigenvalue weighted by Gasteiger charge is 2.13. The number of unbranched alkanes of at least 4 members (excludes halogenated alkanes) is 1.